The summed E-state index contributed by atoms with van der Waals surface area (Å²) < 4.78 is 2.59. The van der Waals surface area contributed by atoms with E-state index in [4.69, 9.17) is 0 Å². The predicted molar refractivity (Wildman–Crippen MR) is 132 cm³/mol. The Kier molecular flexibility index (Phi) is 6.75. The molecule has 0 saturated heterocycles. The average Bonchev–Trinajstić information content (AvgIpc) is 3.07. The molecule has 0 fully saturated rings. The second-order valence-electron chi connectivity index (χ2n) is 10.0. The van der Waals surface area contributed by atoms with E-state index in [1.165, 1.54) is 39.5 Å². The monoisotopic (exact) mass is 405 g/mol. The van der Waals surface area contributed by atoms with E-state index < -0.39 is 0 Å². The van der Waals surface area contributed by atoms with Gasteiger partial charge in [-0.15, -0.1) is 0 Å². The minimum atomic E-state index is 0.509. The number of para-hydroxylation sites is 2. The topological polar surface area (TPSA) is 6.25 Å². The second kappa shape index (κ2) is 8.96. The highest BCUT2D eigenvalue weighted by molar-refractivity contribution is 5.96. The van der Waals surface area contributed by atoms with Crippen molar-refractivity contribution in [3.8, 4) is 0 Å². The fourth-order valence-electron chi connectivity index (χ4n) is 4.86. The molecule has 0 amide bonds. The van der Waals surface area contributed by atoms with Crippen LogP contribution >= 0.6 is 0 Å². The molecule has 0 unspecified atom stereocenters. The maximum Gasteiger partial charge on any atom is 0.254 e. The molecule has 2 aromatic carbocycles. The van der Waals surface area contributed by atoms with Crippen LogP contribution < -0.4 is 4.90 Å². The second-order valence-corrected chi connectivity index (χ2v) is 10.0. The lowest BCUT2D eigenvalue weighted by Crippen LogP contribution is -2.29. The number of benzene rings is 2. The van der Waals surface area contributed by atoms with Crippen LogP contribution in [0, 0.1) is 0 Å². The summed E-state index contributed by atoms with van der Waals surface area (Å²) in [6.07, 6.45) is 0. The first kappa shape index (κ1) is 22.6. The molecule has 1 heterocycles. The number of anilines is 1. The molecule has 2 nitrogen and oxygen atoms in total. The quantitative estimate of drug-likeness (QED) is 0.445. The zero-order valence-corrected chi connectivity index (χ0v) is 20.6. The summed E-state index contributed by atoms with van der Waals surface area (Å²) in [5, 5.41) is 0. The summed E-state index contributed by atoms with van der Waals surface area (Å²) in [6.45, 7) is 22.9. The highest BCUT2D eigenvalue weighted by Gasteiger charge is 2.35. The first-order chi connectivity index (χ1) is 14.1. The van der Waals surface area contributed by atoms with E-state index in [1.54, 1.807) is 0 Å². The van der Waals surface area contributed by atoms with Crippen LogP contribution in [0.15, 0.2) is 36.4 Å². The first-order valence-corrected chi connectivity index (χ1v) is 11.8. The van der Waals surface area contributed by atoms with Crippen molar-refractivity contribution in [2.24, 2.45) is 0 Å². The van der Waals surface area contributed by atoms with Gasteiger partial charge in [-0.1, -0.05) is 91.8 Å². The molecule has 0 aromatic heterocycles. The molecule has 0 saturated carbocycles. The van der Waals surface area contributed by atoms with Crippen molar-refractivity contribution < 1.29 is 4.58 Å². The lowest BCUT2D eigenvalue weighted by molar-refractivity contribution is -0.430. The fourth-order valence-corrected chi connectivity index (χ4v) is 4.86. The zero-order valence-electron chi connectivity index (χ0n) is 20.6. The summed E-state index contributed by atoms with van der Waals surface area (Å²) >= 11 is 0. The van der Waals surface area contributed by atoms with Gasteiger partial charge in [-0.2, -0.15) is 0 Å². The van der Waals surface area contributed by atoms with Crippen LogP contribution in [0.25, 0.3) is 0 Å². The third kappa shape index (κ3) is 4.06. The minimum Gasteiger partial charge on any atom is -0.227 e. The average molecular weight is 406 g/mol. The standard InChI is InChI=1S/C28H41N2/c1-18(2)23-12-10-13-24(19(3)4)27(23)29-16-17-30(22(29)9)28-25(20(5)6)14-11-15-26(28)21(7)8/h10-15,18-21H,16-17H2,1-9H3/q+1. The number of hydrogen-bond acceptors (Lipinski definition) is 1. The van der Waals surface area contributed by atoms with E-state index in [9.17, 15) is 0 Å². The first-order valence-electron chi connectivity index (χ1n) is 11.8. The summed E-state index contributed by atoms with van der Waals surface area (Å²) in [5.74, 6) is 3.40. The van der Waals surface area contributed by atoms with E-state index >= 15 is 0 Å². The van der Waals surface area contributed by atoms with E-state index in [0.717, 1.165) is 13.1 Å². The van der Waals surface area contributed by atoms with Gasteiger partial charge >= 0.3 is 0 Å². The van der Waals surface area contributed by atoms with Gasteiger partial charge in [-0.05, 0) is 23.7 Å². The Hall–Kier alpha value is -2.09. The molecule has 3 rings (SSSR count). The predicted octanol–water partition coefficient (Wildman–Crippen LogP) is 7.76. The molecular formula is C28H41N2+. The van der Waals surface area contributed by atoms with Gasteiger partial charge in [-0.25, -0.2) is 9.48 Å². The SMILES string of the molecule is CC1=[N+](c2c(C(C)C)cccc2C(C)C)CCN1c1c(C(C)C)cccc1C(C)C. The molecule has 1 aliphatic rings. The van der Waals surface area contributed by atoms with E-state index in [2.05, 4.69) is 108 Å². The number of rotatable bonds is 6. The molecule has 0 N–H and O–H groups in total. The molecule has 0 radical (unpaired) electrons. The molecule has 0 spiro atoms. The van der Waals surface area contributed by atoms with Gasteiger partial charge in [-0.3, -0.25) is 0 Å². The van der Waals surface area contributed by atoms with Crippen LogP contribution in [0.2, 0.25) is 0 Å². The molecule has 2 heteroatoms. The normalized spacial score (nSPS) is 14.9. The number of hydrogen-bond donors (Lipinski definition) is 0. The summed E-state index contributed by atoms with van der Waals surface area (Å²) in [4.78, 5) is 2.59. The van der Waals surface area contributed by atoms with E-state index in [1.807, 2.05) is 0 Å². The largest absolute Gasteiger partial charge is 0.254 e. The summed E-state index contributed by atoms with van der Waals surface area (Å²) in [6, 6.07) is 13.8. The Morgan fingerprint density at radius 3 is 1.47 bits per heavy atom. The van der Waals surface area contributed by atoms with E-state index in [0.29, 0.717) is 23.7 Å². The van der Waals surface area contributed by atoms with Gasteiger partial charge < -0.3 is 0 Å². The van der Waals surface area contributed by atoms with Crippen LogP contribution in [0.1, 0.15) is 108 Å². The molecule has 0 aliphatic carbocycles. The number of amidine groups is 1. The third-order valence-electron chi connectivity index (χ3n) is 6.55. The Morgan fingerprint density at radius 2 is 1.07 bits per heavy atom. The molecule has 0 bridgehead atoms. The minimum absolute atomic E-state index is 0.509. The maximum atomic E-state index is 2.59. The van der Waals surface area contributed by atoms with Gasteiger partial charge in [0.1, 0.15) is 24.5 Å². The van der Waals surface area contributed by atoms with Gasteiger partial charge in [0.25, 0.3) is 5.84 Å². The summed E-state index contributed by atoms with van der Waals surface area (Å²) in [5.41, 5.74) is 8.73. The van der Waals surface area contributed by atoms with Gasteiger partial charge in [0.2, 0.25) is 0 Å². The van der Waals surface area contributed by atoms with Gasteiger partial charge in [0, 0.05) is 29.2 Å². The van der Waals surface area contributed by atoms with Gasteiger partial charge in [0.05, 0.1) is 0 Å². The van der Waals surface area contributed by atoms with Crippen molar-refractivity contribution in [2.75, 3.05) is 18.0 Å². The van der Waals surface area contributed by atoms with Crippen LogP contribution in [0.5, 0.6) is 0 Å². The lowest BCUT2D eigenvalue weighted by atomic mass is 9.92. The summed E-state index contributed by atoms with van der Waals surface area (Å²) in [7, 11) is 0. The fraction of sp³-hybridized carbons (Fsp3) is 0.536. The van der Waals surface area contributed by atoms with E-state index in [-0.39, 0.29) is 0 Å². The Balaban J connectivity index is 2.23. The maximum absolute atomic E-state index is 2.59. The molecular weight excluding hydrogens is 364 g/mol. The highest BCUT2D eigenvalue weighted by Crippen LogP contribution is 2.39. The molecule has 162 valence electrons. The van der Waals surface area contributed by atoms with Crippen molar-refractivity contribution in [3.05, 3.63) is 58.7 Å². The Labute approximate surface area is 184 Å². The van der Waals surface area contributed by atoms with Crippen molar-refractivity contribution in [2.45, 2.75) is 86.0 Å². The number of nitrogens with zero attached hydrogens (tertiary/aromatic N) is 2. The Morgan fingerprint density at radius 1 is 0.667 bits per heavy atom. The zero-order chi connectivity index (χ0) is 22.2. The smallest absolute Gasteiger partial charge is 0.227 e. The van der Waals surface area contributed by atoms with Gasteiger partial charge in [0.15, 0.2) is 0 Å². The molecule has 2 aromatic rings. The van der Waals surface area contributed by atoms with Crippen molar-refractivity contribution in [3.63, 3.8) is 0 Å². The molecule has 30 heavy (non-hydrogen) atoms. The Bertz CT molecular complexity index is 879. The van der Waals surface area contributed by atoms with Crippen molar-refractivity contribution in [1.82, 2.24) is 0 Å². The third-order valence-corrected chi connectivity index (χ3v) is 6.55. The van der Waals surface area contributed by atoms with Crippen LogP contribution in [-0.2, 0) is 0 Å². The van der Waals surface area contributed by atoms with Crippen molar-refractivity contribution in [1.29, 1.82) is 0 Å². The highest BCUT2D eigenvalue weighted by atomic mass is 15.3. The molecule has 0 atom stereocenters. The molecule has 1 aliphatic heterocycles. The van der Waals surface area contributed by atoms with Crippen LogP contribution in [0.3, 0.4) is 0 Å². The van der Waals surface area contributed by atoms with Crippen molar-refractivity contribution >= 4 is 17.2 Å². The van der Waals surface area contributed by atoms with Crippen LogP contribution in [0.4, 0.5) is 11.4 Å². The van der Waals surface area contributed by atoms with Crippen LogP contribution in [-0.4, -0.2) is 23.5 Å². The lowest BCUT2D eigenvalue weighted by Gasteiger charge is -2.23.